The van der Waals surface area contributed by atoms with E-state index in [1.165, 1.54) is 6.07 Å². The molecular weight excluding hydrogens is 350 g/mol. The maximum Gasteiger partial charge on any atom is 0.320 e. The van der Waals surface area contributed by atoms with Crippen molar-refractivity contribution in [1.82, 2.24) is 0 Å². The van der Waals surface area contributed by atoms with Crippen LogP contribution in [-0.4, -0.2) is 25.2 Å². The van der Waals surface area contributed by atoms with Crippen LogP contribution in [0.3, 0.4) is 0 Å². The van der Waals surface area contributed by atoms with E-state index < -0.39 is 35.9 Å². The highest BCUT2D eigenvalue weighted by molar-refractivity contribution is 9.10. The molecule has 21 heavy (non-hydrogen) atoms. The summed E-state index contributed by atoms with van der Waals surface area (Å²) in [5.41, 5.74) is -0.365. The summed E-state index contributed by atoms with van der Waals surface area (Å²) in [6.07, 6.45) is -0.464. The van der Waals surface area contributed by atoms with Crippen molar-refractivity contribution >= 4 is 27.9 Å². The van der Waals surface area contributed by atoms with E-state index in [0.717, 1.165) is 6.07 Å². The summed E-state index contributed by atoms with van der Waals surface area (Å²) in [6, 6.07) is 2.26. The first kappa shape index (κ1) is 17.6. The monoisotopic (exact) mass is 364 g/mol. The number of carbonyl (C=O) groups is 2. The predicted octanol–water partition coefficient (Wildman–Crippen LogP) is 3.01. The molecule has 1 aromatic carbocycles. The highest BCUT2D eigenvalue weighted by Gasteiger charge is 2.32. The molecule has 0 N–H and O–H groups in total. The van der Waals surface area contributed by atoms with Crippen LogP contribution in [0.4, 0.5) is 8.78 Å². The Balaban J connectivity index is 3.09. The second-order valence-electron chi connectivity index (χ2n) is 4.08. The number of carbonyl (C=O) groups excluding carboxylic acids is 2. The van der Waals surface area contributed by atoms with E-state index in [2.05, 4.69) is 15.9 Å². The van der Waals surface area contributed by atoms with Crippen LogP contribution in [0, 0.1) is 17.6 Å². The number of hydrogen-bond acceptors (Lipinski definition) is 4. The molecule has 0 aromatic heterocycles. The van der Waals surface area contributed by atoms with Gasteiger partial charge in [-0.3, -0.25) is 9.59 Å². The first-order chi connectivity index (χ1) is 9.92. The van der Waals surface area contributed by atoms with Crippen molar-refractivity contribution in [2.75, 3.05) is 13.2 Å². The highest BCUT2D eigenvalue weighted by Crippen LogP contribution is 2.25. The Labute approximate surface area is 129 Å². The Hall–Kier alpha value is -1.50. The molecule has 0 saturated heterocycles. The molecule has 0 spiro atoms. The molecule has 0 heterocycles. The summed E-state index contributed by atoms with van der Waals surface area (Å²) in [5, 5.41) is 0. The van der Waals surface area contributed by atoms with E-state index >= 15 is 0 Å². The maximum atomic E-state index is 13.9. The zero-order chi connectivity index (χ0) is 16.0. The van der Waals surface area contributed by atoms with E-state index in [1.54, 1.807) is 13.8 Å². The molecule has 0 amide bonds. The van der Waals surface area contributed by atoms with E-state index in [9.17, 15) is 18.4 Å². The molecule has 0 radical (unpaired) electrons. The first-order valence-corrected chi connectivity index (χ1v) is 7.17. The van der Waals surface area contributed by atoms with Gasteiger partial charge < -0.3 is 9.47 Å². The third kappa shape index (κ3) is 4.49. The molecule has 0 saturated carbocycles. The fourth-order valence-electron chi connectivity index (χ4n) is 1.71. The SMILES string of the molecule is CCOC(=O)C(Cc1c(F)ccc(Br)c1F)C(=O)OCC. The quantitative estimate of drug-likeness (QED) is 0.442. The Morgan fingerprint density at radius 2 is 1.67 bits per heavy atom. The van der Waals surface area contributed by atoms with E-state index in [4.69, 9.17) is 9.47 Å². The van der Waals surface area contributed by atoms with Gasteiger partial charge >= 0.3 is 11.9 Å². The van der Waals surface area contributed by atoms with Crippen molar-refractivity contribution in [3.8, 4) is 0 Å². The van der Waals surface area contributed by atoms with E-state index in [1.807, 2.05) is 0 Å². The van der Waals surface area contributed by atoms with Crippen LogP contribution >= 0.6 is 15.9 Å². The number of hydrogen-bond donors (Lipinski definition) is 0. The number of halogens is 3. The fourth-order valence-corrected chi connectivity index (χ4v) is 2.08. The zero-order valence-electron chi connectivity index (χ0n) is 11.6. The Morgan fingerprint density at radius 1 is 1.14 bits per heavy atom. The van der Waals surface area contributed by atoms with Gasteiger partial charge in [-0.15, -0.1) is 0 Å². The number of esters is 2. The average molecular weight is 365 g/mol. The minimum atomic E-state index is -1.40. The van der Waals surface area contributed by atoms with Gasteiger partial charge in [0.1, 0.15) is 11.6 Å². The molecule has 0 aliphatic rings. The first-order valence-electron chi connectivity index (χ1n) is 6.37. The summed E-state index contributed by atoms with van der Waals surface area (Å²) in [6.45, 7) is 3.25. The lowest BCUT2D eigenvalue weighted by molar-refractivity contribution is -0.161. The highest BCUT2D eigenvalue weighted by atomic mass is 79.9. The third-order valence-corrected chi connectivity index (χ3v) is 3.30. The van der Waals surface area contributed by atoms with Crippen molar-refractivity contribution in [2.24, 2.45) is 5.92 Å². The summed E-state index contributed by atoms with van der Waals surface area (Å²) >= 11 is 2.93. The van der Waals surface area contributed by atoms with Crippen LogP contribution in [0.5, 0.6) is 0 Å². The number of ether oxygens (including phenoxy) is 2. The summed E-state index contributed by atoms with van der Waals surface area (Å²) < 4.78 is 37.2. The summed E-state index contributed by atoms with van der Waals surface area (Å²) in [5.74, 6) is -4.82. The third-order valence-electron chi connectivity index (χ3n) is 2.69. The second-order valence-corrected chi connectivity index (χ2v) is 4.94. The Morgan fingerprint density at radius 3 is 2.14 bits per heavy atom. The normalized spacial score (nSPS) is 10.6. The molecule has 0 aliphatic carbocycles. The smallest absolute Gasteiger partial charge is 0.320 e. The van der Waals surface area contributed by atoms with Crippen LogP contribution in [0.15, 0.2) is 16.6 Å². The fraction of sp³-hybridized carbons (Fsp3) is 0.429. The number of rotatable bonds is 6. The maximum absolute atomic E-state index is 13.9. The molecule has 116 valence electrons. The molecule has 1 aromatic rings. The van der Waals surface area contributed by atoms with Crippen molar-refractivity contribution < 1.29 is 27.8 Å². The van der Waals surface area contributed by atoms with Crippen LogP contribution in [0.25, 0.3) is 0 Å². The van der Waals surface area contributed by atoms with Crippen molar-refractivity contribution in [3.05, 3.63) is 33.8 Å². The Bertz CT molecular complexity index is 516. The van der Waals surface area contributed by atoms with Gasteiger partial charge in [0.2, 0.25) is 0 Å². The molecule has 7 heteroatoms. The van der Waals surface area contributed by atoms with Crippen molar-refractivity contribution in [2.45, 2.75) is 20.3 Å². The molecular formula is C14H15BrF2O4. The lowest BCUT2D eigenvalue weighted by Crippen LogP contribution is -2.30. The summed E-state index contributed by atoms with van der Waals surface area (Å²) in [4.78, 5) is 23.6. The van der Waals surface area contributed by atoms with Gasteiger partial charge in [-0.05, 0) is 41.9 Å². The van der Waals surface area contributed by atoms with Gasteiger partial charge in [0.25, 0.3) is 0 Å². The van der Waals surface area contributed by atoms with Gasteiger partial charge in [-0.25, -0.2) is 8.78 Å². The van der Waals surface area contributed by atoms with Crippen LogP contribution in [0.1, 0.15) is 19.4 Å². The molecule has 0 fully saturated rings. The molecule has 0 bridgehead atoms. The van der Waals surface area contributed by atoms with E-state index in [-0.39, 0.29) is 23.2 Å². The lowest BCUT2D eigenvalue weighted by Gasteiger charge is -2.15. The summed E-state index contributed by atoms with van der Waals surface area (Å²) in [7, 11) is 0. The molecule has 0 atom stereocenters. The predicted molar refractivity (Wildman–Crippen MR) is 74.5 cm³/mol. The molecule has 0 unspecified atom stereocenters. The van der Waals surface area contributed by atoms with Crippen molar-refractivity contribution in [1.29, 1.82) is 0 Å². The minimum absolute atomic E-state index is 0.0466. The van der Waals surface area contributed by atoms with Gasteiger partial charge in [0.15, 0.2) is 5.92 Å². The Kier molecular flexibility index (Phi) is 6.74. The van der Waals surface area contributed by atoms with E-state index in [0.29, 0.717) is 0 Å². The minimum Gasteiger partial charge on any atom is -0.465 e. The van der Waals surface area contributed by atoms with Crippen LogP contribution in [-0.2, 0) is 25.5 Å². The van der Waals surface area contributed by atoms with Gasteiger partial charge in [-0.1, -0.05) is 0 Å². The lowest BCUT2D eigenvalue weighted by atomic mass is 9.98. The van der Waals surface area contributed by atoms with Gasteiger partial charge in [-0.2, -0.15) is 0 Å². The molecule has 0 aliphatic heterocycles. The molecule has 4 nitrogen and oxygen atoms in total. The van der Waals surface area contributed by atoms with Gasteiger partial charge in [0, 0.05) is 12.0 Å². The second kappa shape index (κ2) is 8.07. The van der Waals surface area contributed by atoms with Crippen molar-refractivity contribution in [3.63, 3.8) is 0 Å². The zero-order valence-corrected chi connectivity index (χ0v) is 13.2. The molecule has 1 rings (SSSR count). The standard InChI is InChI=1S/C14H15BrF2O4/c1-3-20-13(18)9(14(19)21-4-2)7-8-11(16)6-5-10(15)12(8)17/h5-6,9H,3-4,7H2,1-2H3. The number of benzene rings is 1. The van der Waals surface area contributed by atoms with Crippen LogP contribution in [0.2, 0.25) is 0 Å². The largest absolute Gasteiger partial charge is 0.465 e. The van der Waals surface area contributed by atoms with Gasteiger partial charge in [0.05, 0.1) is 17.7 Å². The van der Waals surface area contributed by atoms with Crippen LogP contribution < -0.4 is 0 Å². The average Bonchev–Trinajstić information content (AvgIpc) is 2.43. The topological polar surface area (TPSA) is 52.6 Å².